The summed E-state index contributed by atoms with van der Waals surface area (Å²) in [6, 6.07) is 7.52. The number of anilines is 1. The van der Waals surface area contributed by atoms with Gasteiger partial charge in [-0.2, -0.15) is 0 Å². The molecule has 1 aromatic heterocycles. The maximum atomic E-state index is 12.9. The number of rotatable bonds is 3. The van der Waals surface area contributed by atoms with Crippen LogP contribution in [0.4, 0.5) is 10.2 Å². The van der Waals surface area contributed by atoms with Crippen LogP contribution >= 0.6 is 15.9 Å². The van der Waals surface area contributed by atoms with Crippen LogP contribution in [0, 0.1) is 12.7 Å². The number of benzene rings is 1. The molecule has 4 nitrogen and oxygen atoms in total. The van der Waals surface area contributed by atoms with E-state index in [0.717, 1.165) is 17.8 Å². The van der Waals surface area contributed by atoms with Gasteiger partial charge in [-0.3, -0.25) is 4.72 Å². The molecule has 0 amide bonds. The molecule has 100 valence electrons. The van der Waals surface area contributed by atoms with Gasteiger partial charge in [-0.05, 0) is 41.1 Å². The van der Waals surface area contributed by atoms with Crippen molar-refractivity contribution < 1.29 is 12.8 Å². The molecule has 0 aliphatic carbocycles. The fourth-order valence-corrected chi connectivity index (χ4v) is 2.97. The van der Waals surface area contributed by atoms with Gasteiger partial charge in [0.15, 0.2) is 5.82 Å². The van der Waals surface area contributed by atoms with E-state index in [-0.39, 0.29) is 15.2 Å². The predicted molar refractivity (Wildman–Crippen MR) is 73.9 cm³/mol. The number of sulfonamides is 1. The van der Waals surface area contributed by atoms with Crippen molar-refractivity contribution in [1.82, 2.24) is 4.98 Å². The first-order valence-corrected chi connectivity index (χ1v) is 7.56. The first-order valence-electron chi connectivity index (χ1n) is 5.29. The molecule has 0 aliphatic rings. The highest BCUT2D eigenvalue weighted by Gasteiger charge is 2.16. The van der Waals surface area contributed by atoms with E-state index >= 15 is 0 Å². The van der Waals surface area contributed by atoms with E-state index in [9.17, 15) is 12.8 Å². The lowest BCUT2D eigenvalue weighted by atomic mass is 10.2. The van der Waals surface area contributed by atoms with Crippen LogP contribution in [0.25, 0.3) is 0 Å². The largest absolute Gasteiger partial charge is 0.263 e. The van der Waals surface area contributed by atoms with Crippen molar-refractivity contribution in [2.75, 3.05) is 4.72 Å². The second-order valence-electron chi connectivity index (χ2n) is 3.90. The van der Waals surface area contributed by atoms with E-state index in [1.165, 1.54) is 12.1 Å². The maximum absolute atomic E-state index is 12.9. The normalized spacial score (nSPS) is 11.3. The first kappa shape index (κ1) is 14.0. The van der Waals surface area contributed by atoms with Crippen molar-refractivity contribution in [2.45, 2.75) is 11.8 Å². The molecule has 0 aliphatic heterocycles. The van der Waals surface area contributed by atoms with Gasteiger partial charge >= 0.3 is 0 Å². The molecule has 0 saturated heterocycles. The summed E-state index contributed by atoms with van der Waals surface area (Å²) < 4.78 is 39.6. The molecular formula is C12H10BrFN2O2S. The number of hydrogen-bond acceptors (Lipinski definition) is 3. The maximum Gasteiger partial charge on any atom is 0.263 e. The van der Waals surface area contributed by atoms with Crippen molar-refractivity contribution in [3.05, 3.63) is 52.4 Å². The van der Waals surface area contributed by atoms with Crippen LogP contribution in [0.15, 0.2) is 45.9 Å². The van der Waals surface area contributed by atoms with Crippen molar-refractivity contribution in [3.63, 3.8) is 0 Å². The van der Waals surface area contributed by atoms with Gasteiger partial charge in [-0.1, -0.05) is 17.7 Å². The number of nitrogens with one attached hydrogen (secondary N) is 1. The third-order valence-corrected chi connectivity index (χ3v) is 4.33. The highest BCUT2D eigenvalue weighted by molar-refractivity contribution is 9.10. The molecule has 2 rings (SSSR count). The Morgan fingerprint density at radius 1 is 1.26 bits per heavy atom. The third kappa shape index (κ3) is 3.30. The van der Waals surface area contributed by atoms with Crippen LogP contribution in [0.1, 0.15) is 5.56 Å². The van der Waals surface area contributed by atoms with E-state index in [0.29, 0.717) is 0 Å². The van der Waals surface area contributed by atoms with Crippen LogP contribution in [0.5, 0.6) is 0 Å². The van der Waals surface area contributed by atoms with E-state index in [4.69, 9.17) is 0 Å². The second kappa shape index (κ2) is 5.26. The van der Waals surface area contributed by atoms with Crippen LogP contribution < -0.4 is 4.72 Å². The first-order chi connectivity index (χ1) is 8.88. The quantitative estimate of drug-likeness (QED) is 0.930. The fraction of sp³-hybridized carbons (Fsp3) is 0.0833. The topological polar surface area (TPSA) is 59.1 Å². The number of nitrogens with zero attached hydrogens (tertiary/aromatic N) is 1. The third-order valence-electron chi connectivity index (χ3n) is 2.37. The standard InChI is InChI=1S/C12H10BrFN2O2S/c1-8-2-4-10(5-3-8)19(17,18)16-12-11(13)6-9(14)7-15-12/h2-7H,1H3,(H,15,16). The van der Waals surface area contributed by atoms with Crippen molar-refractivity contribution in [3.8, 4) is 0 Å². The minimum Gasteiger partial charge on any atom is -0.262 e. The van der Waals surface area contributed by atoms with Gasteiger partial charge in [-0.15, -0.1) is 0 Å². The zero-order chi connectivity index (χ0) is 14.0. The molecule has 1 heterocycles. The van der Waals surface area contributed by atoms with E-state index in [1.807, 2.05) is 6.92 Å². The number of aryl methyl sites for hydroxylation is 1. The summed E-state index contributed by atoms with van der Waals surface area (Å²) in [6.45, 7) is 1.86. The molecule has 7 heteroatoms. The Morgan fingerprint density at radius 2 is 1.89 bits per heavy atom. The summed E-state index contributed by atoms with van der Waals surface area (Å²) >= 11 is 3.05. The number of hydrogen-bond donors (Lipinski definition) is 1. The van der Waals surface area contributed by atoms with E-state index in [1.54, 1.807) is 12.1 Å². The molecule has 19 heavy (non-hydrogen) atoms. The second-order valence-corrected chi connectivity index (χ2v) is 6.44. The summed E-state index contributed by atoms with van der Waals surface area (Å²) in [7, 11) is -3.73. The van der Waals surface area contributed by atoms with Crippen LogP contribution in [-0.2, 0) is 10.0 Å². The average Bonchev–Trinajstić information content (AvgIpc) is 2.33. The number of pyridine rings is 1. The number of aromatic nitrogens is 1. The summed E-state index contributed by atoms with van der Waals surface area (Å²) in [5, 5.41) is 0. The van der Waals surface area contributed by atoms with E-state index < -0.39 is 15.8 Å². The Morgan fingerprint density at radius 3 is 2.47 bits per heavy atom. The zero-order valence-electron chi connectivity index (χ0n) is 9.89. The molecule has 0 unspecified atom stereocenters. The van der Waals surface area contributed by atoms with Gasteiger partial charge < -0.3 is 0 Å². The van der Waals surface area contributed by atoms with Crippen molar-refractivity contribution >= 4 is 31.8 Å². The van der Waals surface area contributed by atoms with Crippen LogP contribution in [-0.4, -0.2) is 13.4 Å². The van der Waals surface area contributed by atoms with E-state index in [2.05, 4.69) is 25.6 Å². The molecule has 0 bridgehead atoms. The molecule has 1 aromatic carbocycles. The lowest BCUT2D eigenvalue weighted by molar-refractivity contribution is 0.600. The smallest absolute Gasteiger partial charge is 0.262 e. The Hall–Kier alpha value is -1.47. The predicted octanol–water partition coefficient (Wildman–Crippen LogP) is 3.09. The van der Waals surface area contributed by atoms with Crippen LogP contribution in [0.2, 0.25) is 0 Å². The molecular weight excluding hydrogens is 335 g/mol. The summed E-state index contributed by atoms with van der Waals surface area (Å²) in [4.78, 5) is 3.82. The Kier molecular flexibility index (Phi) is 3.86. The van der Waals surface area contributed by atoms with Gasteiger partial charge in [-0.25, -0.2) is 17.8 Å². The molecule has 0 atom stereocenters. The molecule has 0 radical (unpaired) electrons. The van der Waals surface area contributed by atoms with Gasteiger partial charge in [0.2, 0.25) is 0 Å². The SMILES string of the molecule is Cc1ccc(S(=O)(=O)Nc2ncc(F)cc2Br)cc1. The molecule has 0 saturated carbocycles. The highest BCUT2D eigenvalue weighted by atomic mass is 79.9. The van der Waals surface area contributed by atoms with Crippen LogP contribution in [0.3, 0.4) is 0 Å². The Bertz CT molecular complexity index is 702. The summed E-state index contributed by atoms with van der Waals surface area (Å²) in [5.74, 6) is -0.507. The molecule has 0 fully saturated rings. The molecule has 1 N–H and O–H groups in total. The lowest BCUT2D eigenvalue weighted by Gasteiger charge is -2.09. The number of halogens is 2. The van der Waals surface area contributed by atoms with Gasteiger partial charge in [0.05, 0.1) is 15.6 Å². The molecule has 0 spiro atoms. The Labute approximate surface area is 118 Å². The van der Waals surface area contributed by atoms with Gasteiger partial charge in [0, 0.05) is 0 Å². The highest BCUT2D eigenvalue weighted by Crippen LogP contribution is 2.23. The average molecular weight is 345 g/mol. The lowest BCUT2D eigenvalue weighted by Crippen LogP contribution is -2.14. The van der Waals surface area contributed by atoms with Gasteiger partial charge in [0.25, 0.3) is 10.0 Å². The van der Waals surface area contributed by atoms with Crippen molar-refractivity contribution in [2.24, 2.45) is 0 Å². The summed E-state index contributed by atoms with van der Waals surface area (Å²) in [6.07, 6.45) is 0.942. The fourth-order valence-electron chi connectivity index (χ4n) is 1.39. The zero-order valence-corrected chi connectivity index (χ0v) is 12.3. The molecule has 2 aromatic rings. The van der Waals surface area contributed by atoms with Crippen molar-refractivity contribution in [1.29, 1.82) is 0 Å². The van der Waals surface area contributed by atoms with Gasteiger partial charge in [0.1, 0.15) is 5.82 Å². The monoisotopic (exact) mass is 344 g/mol. The summed E-state index contributed by atoms with van der Waals surface area (Å²) in [5.41, 5.74) is 0.958. The minimum atomic E-state index is -3.73. The Balaban J connectivity index is 2.33. The minimum absolute atomic E-state index is 0.0435.